The molecule has 0 atom stereocenters. The lowest BCUT2D eigenvalue weighted by Crippen LogP contribution is -2.56. The van der Waals surface area contributed by atoms with Gasteiger partial charge in [0.25, 0.3) is 0 Å². The van der Waals surface area contributed by atoms with Crippen molar-refractivity contribution in [2.45, 2.75) is 0 Å². The molecule has 0 unspecified atom stereocenters. The van der Waals surface area contributed by atoms with Gasteiger partial charge in [0.1, 0.15) is 97.5 Å². The van der Waals surface area contributed by atoms with E-state index in [1.54, 1.807) is 0 Å². The van der Waals surface area contributed by atoms with Gasteiger partial charge in [0, 0.05) is 27.5 Å². The molecule has 4 nitrogen and oxygen atoms in total. The summed E-state index contributed by atoms with van der Waals surface area (Å²) in [6, 6.07) is 38.0. The van der Waals surface area contributed by atoms with Gasteiger partial charge in [-0.1, -0.05) is 147 Å². The molecule has 2 aromatic heterocycles. The lowest BCUT2D eigenvalue weighted by Gasteiger charge is -2.24. The maximum absolute atomic E-state index is 7.04. The van der Waals surface area contributed by atoms with E-state index in [4.69, 9.17) is 19.4 Å². The number of hydrogen-bond donors (Lipinski definition) is 0. The number of rotatable bonds is 6. The number of aromatic nitrogens is 3. The molecule has 9 aromatic rings. The molecule has 0 radical (unpaired) electrons. The van der Waals surface area contributed by atoms with Crippen molar-refractivity contribution < 1.29 is 4.42 Å². The third-order valence-corrected chi connectivity index (χ3v) is 13.6. The zero-order valence-electron chi connectivity index (χ0n) is 36.6. The van der Waals surface area contributed by atoms with Crippen LogP contribution in [0.15, 0.2) is 114 Å². The van der Waals surface area contributed by atoms with Crippen LogP contribution in [0.1, 0.15) is 0 Å². The Balaban J connectivity index is 1.21. The van der Waals surface area contributed by atoms with E-state index in [2.05, 4.69) is 171 Å². The van der Waals surface area contributed by atoms with Gasteiger partial charge in [-0.15, -0.1) is 16.4 Å². The fourth-order valence-electron chi connectivity index (χ4n) is 9.42. The molecule has 0 saturated carbocycles. The van der Waals surface area contributed by atoms with Gasteiger partial charge in [-0.05, 0) is 38.8 Å². The average molecular weight is 758 g/mol. The minimum Gasteiger partial charge on any atom is -0.457 e. The van der Waals surface area contributed by atoms with E-state index in [-0.39, 0.29) is 0 Å². The molecule has 0 aliphatic heterocycles. The van der Waals surface area contributed by atoms with Crippen LogP contribution in [0, 0.1) is 0 Å². The third-order valence-electron chi connectivity index (χ3n) is 13.6. The zero-order chi connectivity index (χ0) is 42.1. The Morgan fingerprint density at radius 2 is 0.600 bits per heavy atom. The highest BCUT2D eigenvalue weighted by Crippen LogP contribution is 2.31. The molecule has 15 heteroatoms. The van der Waals surface area contributed by atoms with Crippen molar-refractivity contribution in [1.29, 1.82) is 0 Å². The smallest absolute Gasteiger partial charge is 0.164 e. The molecule has 0 fully saturated rings. The fraction of sp³-hybridized carbons (Fsp3) is 0. The summed E-state index contributed by atoms with van der Waals surface area (Å²) in [4.78, 5) is 15.6. The van der Waals surface area contributed by atoms with E-state index >= 15 is 0 Å². The average Bonchev–Trinajstić information content (AvgIpc) is 3.70. The molecule has 2 heterocycles. The Morgan fingerprint density at radius 1 is 0.267 bits per heavy atom. The Hall–Kier alpha value is -5.94. The number of benzene rings is 7. The molecule has 0 N–H and O–H groups in total. The van der Waals surface area contributed by atoms with Crippen molar-refractivity contribution in [3.05, 3.63) is 109 Å². The second-order valence-electron chi connectivity index (χ2n) is 16.7. The third kappa shape index (κ3) is 6.36. The van der Waals surface area contributed by atoms with Crippen LogP contribution in [0.5, 0.6) is 0 Å². The zero-order valence-corrected chi connectivity index (χ0v) is 36.6. The molecule has 7 aromatic carbocycles. The predicted octanol–water partition coefficient (Wildman–Crippen LogP) is -7.38. The molecule has 0 amide bonds. The van der Waals surface area contributed by atoms with Crippen molar-refractivity contribution in [2.24, 2.45) is 0 Å². The van der Waals surface area contributed by atoms with E-state index in [9.17, 15) is 0 Å². The Morgan fingerprint density at radius 3 is 1.12 bits per heavy atom. The van der Waals surface area contributed by atoms with Gasteiger partial charge in [0.05, 0.1) is 0 Å². The van der Waals surface area contributed by atoms with Gasteiger partial charge in [-0.3, -0.25) is 0 Å². The molecule has 0 aliphatic carbocycles. The standard InChI is InChI=1S/C45H40B11N3O/c46-30-27-28-34(50)31(47)26(25-32(48)37(53)39(55)38(54)33(25)49)36(52)41(28)60-42(27)40(56)35(51)29(30)45-58-43(23-9-5-2-6-10-23)57-44(59-45)24-17-15-22(16-18-24)21-13-11-20(12-14-21)19-7-3-1-4-8-19/h1-18H,46-56H2. The van der Waals surface area contributed by atoms with Crippen LogP contribution < -0.4 is 60.1 Å². The quantitative estimate of drug-likeness (QED) is 0.159. The lowest BCUT2D eigenvalue weighted by atomic mass is 9.57. The van der Waals surface area contributed by atoms with Gasteiger partial charge >= 0.3 is 0 Å². The summed E-state index contributed by atoms with van der Waals surface area (Å²) in [6.07, 6.45) is 0. The SMILES string of the molecule is Bc1c(B)c(B)c(-c2c(B)c(B)c3c(oc4c(B)c(B)c(-c5nc(-c6ccccc6)nc(-c6ccc(-c7ccc(-c8ccccc8)cc7)cc6)n5)c(B)c43)c2B)c(B)c1B. The first-order chi connectivity index (χ1) is 28.8. The second kappa shape index (κ2) is 15.3. The molecule has 60 heavy (non-hydrogen) atoms. The molecular formula is C45H40B11N3O. The van der Waals surface area contributed by atoms with Crippen LogP contribution in [-0.2, 0) is 0 Å². The van der Waals surface area contributed by atoms with Crippen LogP contribution in [0.4, 0.5) is 0 Å². The summed E-state index contributed by atoms with van der Waals surface area (Å²) in [5.41, 5.74) is 25.9. The summed E-state index contributed by atoms with van der Waals surface area (Å²) in [5, 5.41) is 2.31. The first kappa shape index (κ1) is 39.5. The highest BCUT2D eigenvalue weighted by Gasteiger charge is 2.26. The number of furan rings is 1. The minimum absolute atomic E-state index is 0.639. The topological polar surface area (TPSA) is 51.8 Å². The van der Waals surface area contributed by atoms with E-state index in [0.717, 1.165) is 60.8 Å². The van der Waals surface area contributed by atoms with Crippen molar-refractivity contribution in [2.75, 3.05) is 0 Å². The molecule has 9 rings (SSSR count). The fourth-order valence-corrected chi connectivity index (χ4v) is 9.42. The van der Waals surface area contributed by atoms with E-state index in [1.807, 2.05) is 24.3 Å². The number of fused-ring (bicyclic) bond motifs is 3. The number of nitrogens with zero attached hydrogens (tertiary/aromatic N) is 3. The summed E-state index contributed by atoms with van der Waals surface area (Å²) in [6.45, 7) is 0. The van der Waals surface area contributed by atoms with Crippen LogP contribution in [0.25, 0.3) is 89.5 Å². The largest absolute Gasteiger partial charge is 0.457 e. The van der Waals surface area contributed by atoms with E-state index in [0.29, 0.717) is 17.5 Å². The van der Waals surface area contributed by atoms with Crippen molar-refractivity contribution in [3.8, 4) is 67.5 Å². The van der Waals surface area contributed by atoms with Crippen LogP contribution in [0.3, 0.4) is 0 Å². The van der Waals surface area contributed by atoms with Gasteiger partial charge in [-0.2, -0.15) is 0 Å². The summed E-state index contributed by atoms with van der Waals surface area (Å²) < 4.78 is 7.04. The predicted molar refractivity (Wildman–Crippen MR) is 290 cm³/mol. The summed E-state index contributed by atoms with van der Waals surface area (Å²) in [5.74, 6) is 1.94. The maximum atomic E-state index is 7.04. The Bertz CT molecular complexity index is 3170. The number of hydrogen-bond acceptors (Lipinski definition) is 4. The Labute approximate surface area is 362 Å². The Kier molecular flexibility index (Phi) is 10.1. The van der Waals surface area contributed by atoms with Crippen LogP contribution >= 0.6 is 0 Å². The highest BCUT2D eigenvalue weighted by atomic mass is 16.3. The molecule has 0 saturated heterocycles. The normalized spacial score (nSPS) is 11.4. The van der Waals surface area contributed by atoms with Crippen molar-refractivity contribution >= 4 is 168 Å². The second-order valence-corrected chi connectivity index (χ2v) is 16.7. The van der Waals surface area contributed by atoms with Crippen molar-refractivity contribution in [3.63, 3.8) is 0 Å². The van der Waals surface area contributed by atoms with Crippen molar-refractivity contribution in [1.82, 2.24) is 15.0 Å². The van der Waals surface area contributed by atoms with Gasteiger partial charge in [0.15, 0.2) is 17.5 Å². The van der Waals surface area contributed by atoms with E-state index in [1.165, 1.54) is 71.3 Å². The molecule has 0 spiro atoms. The highest BCUT2D eigenvalue weighted by molar-refractivity contribution is 6.71. The summed E-state index contributed by atoms with van der Waals surface area (Å²) >= 11 is 0. The van der Waals surface area contributed by atoms with Crippen LogP contribution in [-0.4, -0.2) is 101 Å². The van der Waals surface area contributed by atoms with E-state index < -0.39 is 0 Å². The van der Waals surface area contributed by atoms with Crippen LogP contribution in [0.2, 0.25) is 0 Å². The maximum Gasteiger partial charge on any atom is 0.164 e. The lowest BCUT2D eigenvalue weighted by molar-refractivity contribution is 0.675. The first-order valence-electron chi connectivity index (χ1n) is 21.0. The summed E-state index contributed by atoms with van der Waals surface area (Å²) in [7, 11) is 24.7. The van der Waals surface area contributed by atoms with Gasteiger partial charge in [-0.25, -0.2) is 15.0 Å². The molecule has 0 aliphatic rings. The molecule has 0 bridgehead atoms. The molecular weight excluding hydrogens is 717 g/mol. The monoisotopic (exact) mass is 759 g/mol. The minimum atomic E-state index is 0.639. The molecule has 274 valence electrons. The van der Waals surface area contributed by atoms with Gasteiger partial charge < -0.3 is 4.42 Å². The van der Waals surface area contributed by atoms with Gasteiger partial charge in [0.2, 0.25) is 0 Å². The first-order valence-corrected chi connectivity index (χ1v) is 21.0.